The molecule has 20 heavy (non-hydrogen) atoms. The third-order valence-electron chi connectivity index (χ3n) is 3.15. The van der Waals surface area contributed by atoms with Gasteiger partial charge in [0.25, 0.3) is 0 Å². The predicted molar refractivity (Wildman–Crippen MR) is 91.6 cm³/mol. The van der Waals surface area contributed by atoms with Crippen LogP contribution in [0.5, 0.6) is 0 Å². The second-order valence-corrected chi connectivity index (χ2v) is 6.44. The van der Waals surface area contributed by atoms with Gasteiger partial charge in [0.2, 0.25) is 0 Å². The van der Waals surface area contributed by atoms with Crippen LogP contribution >= 0.6 is 38.5 Å². The van der Waals surface area contributed by atoms with Crippen LogP contribution < -0.4 is 0 Å². The maximum absolute atomic E-state index is 14.0. The Kier molecular flexibility index (Phi) is 5.57. The van der Waals surface area contributed by atoms with E-state index in [-0.39, 0.29) is 5.82 Å². The largest absolute Gasteiger partial charge is 0.365 e. The van der Waals surface area contributed by atoms with E-state index in [1.807, 2.05) is 37.3 Å². The lowest BCUT2D eigenvalue weighted by atomic mass is 9.97. The lowest BCUT2D eigenvalue weighted by Gasteiger charge is -2.29. The van der Waals surface area contributed by atoms with E-state index in [0.29, 0.717) is 16.6 Å². The molecule has 2 rings (SSSR count). The van der Waals surface area contributed by atoms with Crippen molar-refractivity contribution in [2.45, 2.75) is 19.1 Å². The zero-order valence-electron chi connectivity index (χ0n) is 11.1. The Balaban J connectivity index is 2.18. The van der Waals surface area contributed by atoms with Gasteiger partial charge in [-0.1, -0.05) is 68.9 Å². The standard InChI is InChI=1S/C16H15BrFIO/c1-16(11-19,14-7-2-3-8-15(14)18)20-10-12-5-4-6-13(17)9-12/h2-9H,10-11H2,1H3. The molecule has 1 atom stereocenters. The highest BCUT2D eigenvalue weighted by Crippen LogP contribution is 2.31. The molecule has 0 amide bonds. The van der Waals surface area contributed by atoms with Crippen molar-refractivity contribution < 1.29 is 9.13 Å². The number of hydrogen-bond acceptors (Lipinski definition) is 1. The molecule has 0 heterocycles. The summed E-state index contributed by atoms with van der Waals surface area (Å²) < 4.78 is 21.7. The molecule has 0 saturated heterocycles. The van der Waals surface area contributed by atoms with Crippen LogP contribution in [0.1, 0.15) is 18.1 Å². The van der Waals surface area contributed by atoms with Gasteiger partial charge in [-0.3, -0.25) is 0 Å². The summed E-state index contributed by atoms with van der Waals surface area (Å²) in [6.45, 7) is 2.38. The molecule has 0 saturated carbocycles. The van der Waals surface area contributed by atoms with E-state index in [4.69, 9.17) is 4.74 Å². The maximum atomic E-state index is 14.0. The molecule has 2 aromatic carbocycles. The van der Waals surface area contributed by atoms with E-state index in [1.165, 1.54) is 6.07 Å². The van der Waals surface area contributed by atoms with Crippen LogP contribution in [0.2, 0.25) is 0 Å². The van der Waals surface area contributed by atoms with Gasteiger partial charge in [0.15, 0.2) is 0 Å². The summed E-state index contributed by atoms with van der Waals surface area (Å²) in [5.74, 6) is -0.221. The summed E-state index contributed by atoms with van der Waals surface area (Å²) in [6.07, 6.45) is 0. The van der Waals surface area contributed by atoms with Crippen LogP contribution in [0.15, 0.2) is 53.0 Å². The first-order chi connectivity index (χ1) is 9.55. The topological polar surface area (TPSA) is 9.23 Å². The Hall–Kier alpha value is -0.460. The zero-order chi connectivity index (χ0) is 14.6. The van der Waals surface area contributed by atoms with Gasteiger partial charge in [-0.2, -0.15) is 0 Å². The molecule has 0 spiro atoms. The number of alkyl halides is 1. The molecule has 1 nitrogen and oxygen atoms in total. The van der Waals surface area contributed by atoms with Crippen molar-refractivity contribution in [1.29, 1.82) is 0 Å². The number of halogens is 3. The average Bonchev–Trinajstić information content (AvgIpc) is 2.45. The smallest absolute Gasteiger partial charge is 0.129 e. The molecular formula is C16H15BrFIO. The molecule has 0 aliphatic heterocycles. The Labute approximate surface area is 140 Å². The van der Waals surface area contributed by atoms with Crippen molar-refractivity contribution in [3.63, 3.8) is 0 Å². The molecule has 1 unspecified atom stereocenters. The van der Waals surface area contributed by atoms with Crippen molar-refractivity contribution in [2.24, 2.45) is 0 Å². The summed E-state index contributed by atoms with van der Waals surface area (Å²) >= 11 is 5.67. The van der Waals surface area contributed by atoms with E-state index in [9.17, 15) is 4.39 Å². The molecule has 0 bridgehead atoms. The minimum absolute atomic E-state index is 0.221. The van der Waals surface area contributed by atoms with E-state index in [2.05, 4.69) is 38.5 Å². The highest BCUT2D eigenvalue weighted by molar-refractivity contribution is 14.1. The first-order valence-corrected chi connectivity index (χ1v) is 8.56. The molecule has 0 fully saturated rings. The predicted octanol–water partition coefficient (Wildman–Crippen LogP) is 5.46. The lowest BCUT2D eigenvalue weighted by Crippen LogP contribution is -2.29. The van der Waals surface area contributed by atoms with Crippen molar-refractivity contribution in [3.05, 3.63) is 69.9 Å². The van der Waals surface area contributed by atoms with Crippen molar-refractivity contribution in [2.75, 3.05) is 4.43 Å². The first-order valence-electron chi connectivity index (χ1n) is 6.24. The number of benzene rings is 2. The van der Waals surface area contributed by atoms with Gasteiger partial charge in [-0.25, -0.2) is 4.39 Å². The summed E-state index contributed by atoms with van der Waals surface area (Å²) in [7, 11) is 0. The maximum Gasteiger partial charge on any atom is 0.129 e. The monoisotopic (exact) mass is 448 g/mol. The van der Waals surface area contributed by atoms with E-state index in [0.717, 1.165) is 10.0 Å². The molecule has 0 aromatic heterocycles. The fourth-order valence-corrected chi connectivity index (χ4v) is 3.03. The number of ether oxygens (including phenoxy) is 1. The first kappa shape index (κ1) is 15.9. The van der Waals surface area contributed by atoms with Crippen LogP contribution in [0.3, 0.4) is 0 Å². The van der Waals surface area contributed by atoms with Gasteiger partial charge < -0.3 is 4.74 Å². The van der Waals surface area contributed by atoms with Crippen molar-refractivity contribution in [1.82, 2.24) is 0 Å². The Morgan fingerprint density at radius 1 is 1.20 bits per heavy atom. The van der Waals surface area contributed by atoms with Gasteiger partial charge in [0.1, 0.15) is 11.4 Å². The Bertz CT molecular complexity index is 590. The van der Waals surface area contributed by atoms with Crippen molar-refractivity contribution in [3.8, 4) is 0 Å². The average molecular weight is 449 g/mol. The quantitative estimate of drug-likeness (QED) is 0.436. The third-order valence-corrected chi connectivity index (χ3v) is 5.09. The van der Waals surface area contributed by atoms with Gasteiger partial charge in [0, 0.05) is 14.5 Å². The summed E-state index contributed by atoms with van der Waals surface area (Å²) in [4.78, 5) is 0. The van der Waals surface area contributed by atoms with Gasteiger partial charge >= 0.3 is 0 Å². The number of rotatable bonds is 5. The molecule has 2 aromatic rings. The van der Waals surface area contributed by atoms with Crippen LogP contribution in [0, 0.1) is 5.82 Å². The second kappa shape index (κ2) is 7.00. The molecule has 0 radical (unpaired) electrons. The minimum atomic E-state index is -0.631. The highest BCUT2D eigenvalue weighted by Gasteiger charge is 2.29. The summed E-state index contributed by atoms with van der Waals surface area (Å²) in [6, 6.07) is 14.7. The normalized spacial score (nSPS) is 14.0. The minimum Gasteiger partial charge on any atom is -0.365 e. The van der Waals surface area contributed by atoms with Crippen LogP contribution in [-0.4, -0.2) is 4.43 Å². The second-order valence-electron chi connectivity index (χ2n) is 4.76. The SMILES string of the molecule is CC(CI)(OCc1cccc(Br)c1)c1ccccc1F. The van der Waals surface area contributed by atoms with E-state index in [1.54, 1.807) is 12.1 Å². The molecular weight excluding hydrogens is 434 g/mol. The van der Waals surface area contributed by atoms with Gasteiger partial charge in [0.05, 0.1) is 6.61 Å². The van der Waals surface area contributed by atoms with E-state index >= 15 is 0 Å². The number of hydrogen-bond donors (Lipinski definition) is 0. The highest BCUT2D eigenvalue weighted by atomic mass is 127. The summed E-state index contributed by atoms with van der Waals surface area (Å²) in [5.41, 5.74) is 1.03. The van der Waals surface area contributed by atoms with Crippen molar-refractivity contribution >= 4 is 38.5 Å². The molecule has 0 aliphatic rings. The fourth-order valence-electron chi connectivity index (χ4n) is 1.95. The van der Waals surface area contributed by atoms with Crippen LogP contribution in [0.25, 0.3) is 0 Å². The molecule has 0 aliphatic carbocycles. The third kappa shape index (κ3) is 3.80. The van der Waals surface area contributed by atoms with Gasteiger partial charge in [-0.05, 0) is 30.7 Å². The van der Waals surface area contributed by atoms with E-state index < -0.39 is 5.60 Å². The Morgan fingerprint density at radius 2 is 1.95 bits per heavy atom. The van der Waals surface area contributed by atoms with Crippen LogP contribution in [0.4, 0.5) is 4.39 Å². The lowest BCUT2D eigenvalue weighted by molar-refractivity contribution is -0.0299. The fraction of sp³-hybridized carbons (Fsp3) is 0.250. The molecule has 0 N–H and O–H groups in total. The van der Waals surface area contributed by atoms with Crippen LogP contribution in [-0.2, 0) is 16.9 Å². The molecule has 4 heteroatoms. The Morgan fingerprint density at radius 3 is 2.60 bits per heavy atom. The molecule has 106 valence electrons. The van der Waals surface area contributed by atoms with Gasteiger partial charge in [-0.15, -0.1) is 0 Å². The summed E-state index contributed by atoms with van der Waals surface area (Å²) in [5, 5.41) is 0. The zero-order valence-corrected chi connectivity index (χ0v) is 14.8.